The maximum atomic E-state index is 13.7. The molecule has 3 aromatic carbocycles. The van der Waals surface area contributed by atoms with Crippen molar-refractivity contribution in [2.24, 2.45) is 5.10 Å². The van der Waals surface area contributed by atoms with Crippen LogP contribution in [0.5, 0.6) is 5.75 Å². The van der Waals surface area contributed by atoms with Gasteiger partial charge in [0.05, 0.1) is 17.4 Å². The number of benzene rings is 3. The number of aromatic amines is 2. The van der Waals surface area contributed by atoms with E-state index in [9.17, 15) is 14.7 Å². The Morgan fingerprint density at radius 2 is 1.21 bits per heavy atom. The summed E-state index contributed by atoms with van der Waals surface area (Å²) < 4.78 is 0. The number of nitrogens with one attached hydrogen (secondary N) is 2. The Hall–Kier alpha value is -4.91. The summed E-state index contributed by atoms with van der Waals surface area (Å²) in [5, 5.41) is 16.8. The first-order valence-electron chi connectivity index (χ1n) is 10.7. The van der Waals surface area contributed by atoms with Crippen LogP contribution in [0.4, 0.5) is 0 Å². The Balaban J connectivity index is 1.55. The summed E-state index contributed by atoms with van der Waals surface area (Å²) in [4.78, 5) is 33.7. The van der Waals surface area contributed by atoms with Crippen LogP contribution in [0.2, 0.25) is 0 Å². The second-order valence-electron chi connectivity index (χ2n) is 7.97. The summed E-state index contributed by atoms with van der Waals surface area (Å²) in [6.07, 6.45) is 4.81. The number of nitrogens with zero attached hydrogens (tertiary/aromatic N) is 2. The molecule has 1 aliphatic heterocycles. The number of amides is 2. The maximum Gasteiger partial charge on any atom is 0.283 e. The molecule has 7 heteroatoms. The second kappa shape index (κ2) is 7.60. The molecule has 0 aliphatic carbocycles. The van der Waals surface area contributed by atoms with E-state index in [2.05, 4.69) is 15.1 Å². The van der Waals surface area contributed by atoms with Crippen LogP contribution in [0, 0.1) is 0 Å². The molecule has 5 aromatic rings. The lowest BCUT2D eigenvalue weighted by molar-refractivity contribution is -0.135. The number of para-hydroxylation sites is 3. The van der Waals surface area contributed by atoms with E-state index in [1.165, 1.54) is 12.3 Å². The SMILES string of the molecule is O=C1C(c2c[nH]c3ccccc23)=C(c2c[nH]c3ccccc23)C(=O)N1/N=C/c1ccccc1O. The van der Waals surface area contributed by atoms with Gasteiger partial charge in [-0.25, -0.2) is 0 Å². The molecule has 164 valence electrons. The molecule has 0 spiro atoms. The minimum atomic E-state index is -0.526. The number of hydrazone groups is 1. The number of hydrogen-bond acceptors (Lipinski definition) is 4. The highest BCUT2D eigenvalue weighted by atomic mass is 16.3. The van der Waals surface area contributed by atoms with E-state index in [1.54, 1.807) is 30.6 Å². The number of imide groups is 1. The predicted octanol–water partition coefficient (Wildman–Crippen LogP) is 4.67. The minimum absolute atomic E-state index is 0.00649. The Morgan fingerprint density at radius 3 is 1.76 bits per heavy atom. The fourth-order valence-corrected chi connectivity index (χ4v) is 4.40. The lowest BCUT2D eigenvalue weighted by Crippen LogP contribution is -2.26. The molecule has 0 unspecified atom stereocenters. The van der Waals surface area contributed by atoms with Crippen LogP contribution in [-0.2, 0) is 9.59 Å². The van der Waals surface area contributed by atoms with Gasteiger partial charge < -0.3 is 15.1 Å². The van der Waals surface area contributed by atoms with Crippen molar-refractivity contribution in [1.29, 1.82) is 0 Å². The quantitative estimate of drug-likeness (QED) is 0.276. The van der Waals surface area contributed by atoms with Crippen LogP contribution in [0.3, 0.4) is 0 Å². The first kappa shape index (κ1) is 19.8. The van der Waals surface area contributed by atoms with Crippen LogP contribution in [0.25, 0.3) is 33.0 Å². The number of carbonyl (C=O) groups excluding carboxylic acids is 2. The zero-order chi connectivity index (χ0) is 23.2. The van der Waals surface area contributed by atoms with Crippen molar-refractivity contribution >= 4 is 51.0 Å². The number of H-pyrrole nitrogens is 2. The molecule has 3 N–H and O–H groups in total. The summed E-state index contributed by atoms with van der Waals surface area (Å²) in [6.45, 7) is 0. The number of rotatable bonds is 4. The van der Waals surface area contributed by atoms with Gasteiger partial charge in [-0.15, -0.1) is 0 Å². The summed E-state index contributed by atoms with van der Waals surface area (Å²) in [7, 11) is 0. The fourth-order valence-electron chi connectivity index (χ4n) is 4.40. The molecule has 0 bridgehead atoms. The van der Waals surface area contributed by atoms with Crippen LogP contribution >= 0.6 is 0 Å². The van der Waals surface area contributed by atoms with E-state index in [4.69, 9.17) is 0 Å². The van der Waals surface area contributed by atoms with Crippen LogP contribution < -0.4 is 0 Å². The average Bonchev–Trinajstić information content (AvgIpc) is 3.53. The zero-order valence-electron chi connectivity index (χ0n) is 17.8. The number of aromatic nitrogens is 2. The summed E-state index contributed by atoms with van der Waals surface area (Å²) in [5.74, 6) is -1.05. The van der Waals surface area contributed by atoms with E-state index in [0.717, 1.165) is 26.8 Å². The Morgan fingerprint density at radius 1 is 0.706 bits per heavy atom. The van der Waals surface area contributed by atoms with Crippen molar-refractivity contribution in [3.8, 4) is 5.75 Å². The van der Waals surface area contributed by atoms with Gasteiger partial charge in [0, 0.05) is 50.9 Å². The molecule has 6 rings (SSSR count). The van der Waals surface area contributed by atoms with Crippen molar-refractivity contribution < 1.29 is 14.7 Å². The monoisotopic (exact) mass is 446 g/mol. The highest BCUT2D eigenvalue weighted by molar-refractivity contribution is 6.50. The molecule has 0 saturated heterocycles. The fraction of sp³-hybridized carbons (Fsp3) is 0. The second-order valence-corrected chi connectivity index (χ2v) is 7.97. The van der Waals surface area contributed by atoms with Gasteiger partial charge in [0.15, 0.2) is 0 Å². The van der Waals surface area contributed by atoms with Gasteiger partial charge in [0.1, 0.15) is 5.75 Å². The van der Waals surface area contributed by atoms with Gasteiger partial charge in [-0.3, -0.25) is 9.59 Å². The number of aromatic hydroxyl groups is 1. The lowest BCUT2D eigenvalue weighted by atomic mass is 9.95. The van der Waals surface area contributed by atoms with E-state index >= 15 is 0 Å². The average molecular weight is 446 g/mol. The van der Waals surface area contributed by atoms with Crippen molar-refractivity contribution in [2.75, 3.05) is 0 Å². The molecule has 1 aliphatic rings. The van der Waals surface area contributed by atoms with Crippen molar-refractivity contribution in [1.82, 2.24) is 15.0 Å². The summed E-state index contributed by atoms with van der Waals surface area (Å²) in [6, 6.07) is 21.8. The summed E-state index contributed by atoms with van der Waals surface area (Å²) in [5.41, 5.74) is 3.95. The van der Waals surface area contributed by atoms with E-state index < -0.39 is 11.8 Å². The predicted molar refractivity (Wildman–Crippen MR) is 131 cm³/mol. The topological polar surface area (TPSA) is 102 Å². The van der Waals surface area contributed by atoms with Gasteiger partial charge in [0.2, 0.25) is 0 Å². The Kier molecular flexibility index (Phi) is 4.41. The first-order valence-corrected chi connectivity index (χ1v) is 10.7. The Labute approximate surface area is 193 Å². The number of fused-ring (bicyclic) bond motifs is 2. The molecular formula is C27H18N4O3. The van der Waals surface area contributed by atoms with E-state index in [1.807, 2.05) is 48.5 Å². The van der Waals surface area contributed by atoms with Gasteiger partial charge >= 0.3 is 0 Å². The van der Waals surface area contributed by atoms with Crippen LogP contribution in [-0.4, -0.2) is 38.1 Å². The highest BCUT2D eigenvalue weighted by Gasteiger charge is 2.41. The number of hydrogen-bond donors (Lipinski definition) is 3. The maximum absolute atomic E-state index is 13.7. The minimum Gasteiger partial charge on any atom is -0.507 e. The highest BCUT2D eigenvalue weighted by Crippen LogP contribution is 2.40. The molecule has 0 radical (unpaired) electrons. The van der Waals surface area contributed by atoms with E-state index in [-0.39, 0.29) is 16.9 Å². The molecule has 0 saturated carbocycles. The third kappa shape index (κ3) is 2.95. The third-order valence-corrected chi connectivity index (χ3v) is 6.03. The van der Waals surface area contributed by atoms with Crippen LogP contribution in [0.1, 0.15) is 16.7 Å². The van der Waals surface area contributed by atoms with E-state index in [0.29, 0.717) is 16.7 Å². The lowest BCUT2D eigenvalue weighted by Gasteiger charge is -2.08. The van der Waals surface area contributed by atoms with Gasteiger partial charge in [-0.05, 0) is 24.3 Å². The molecule has 0 fully saturated rings. The van der Waals surface area contributed by atoms with Gasteiger partial charge in [-0.2, -0.15) is 10.1 Å². The number of carbonyl (C=O) groups is 2. The Bertz CT molecular complexity index is 1580. The third-order valence-electron chi connectivity index (χ3n) is 6.03. The first-order chi connectivity index (χ1) is 16.6. The van der Waals surface area contributed by atoms with Crippen molar-refractivity contribution in [3.63, 3.8) is 0 Å². The smallest absolute Gasteiger partial charge is 0.283 e. The molecule has 2 aromatic heterocycles. The summed E-state index contributed by atoms with van der Waals surface area (Å²) >= 11 is 0. The zero-order valence-corrected chi connectivity index (χ0v) is 17.8. The molecule has 0 atom stereocenters. The molecule has 34 heavy (non-hydrogen) atoms. The number of phenolic OH excluding ortho intramolecular Hbond substituents is 1. The van der Waals surface area contributed by atoms with Gasteiger partial charge in [0.25, 0.3) is 11.8 Å². The molecule has 2 amide bonds. The van der Waals surface area contributed by atoms with Crippen LogP contribution in [0.15, 0.2) is 90.3 Å². The number of phenols is 1. The standard InChI is InChI=1S/C27H18N4O3/c32-23-12-6-1-7-16(23)13-30-31-26(33)24(19-14-28-21-10-4-2-8-17(19)21)25(27(31)34)20-15-29-22-11-5-3-9-18(20)22/h1-15,28-29,32H/b30-13+. The molecule has 3 heterocycles. The van der Waals surface area contributed by atoms with Crippen molar-refractivity contribution in [2.45, 2.75) is 0 Å². The van der Waals surface area contributed by atoms with Gasteiger partial charge in [-0.1, -0.05) is 48.5 Å². The normalized spacial score (nSPS) is 14.4. The van der Waals surface area contributed by atoms with Crippen molar-refractivity contribution in [3.05, 3.63) is 102 Å². The molecule has 7 nitrogen and oxygen atoms in total. The molecular weight excluding hydrogens is 428 g/mol. The largest absolute Gasteiger partial charge is 0.507 e.